The minimum atomic E-state index is -3.64. The maximum absolute atomic E-state index is 12.7. The molecule has 0 fully saturated rings. The number of methoxy groups -OCH3 is 2. The maximum Gasteiger partial charge on any atom is 0.245 e. The van der Waals surface area contributed by atoms with E-state index in [9.17, 15) is 8.42 Å². The van der Waals surface area contributed by atoms with Crippen LogP contribution in [-0.4, -0.2) is 57.7 Å². The Morgan fingerprint density at radius 2 is 2.05 bits per heavy atom. The number of hydrogen-bond acceptors (Lipinski definition) is 5. The zero-order chi connectivity index (χ0) is 15.2. The van der Waals surface area contributed by atoms with Crippen LogP contribution in [0.4, 0.5) is 0 Å². The van der Waals surface area contributed by atoms with Crippen molar-refractivity contribution in [3.63, 3.8) is 0 Å². The summed E-state index contributed by atoms with van der Waals surface area (Å²) in [5.74, 6) is 0. The Morgan fingerprint density at radius 3 is 2.60 bits per heavy atom. The Morgan fingerprint density at radius 1 is 1.35 bits per heavy atom. The van der Waals surface area contributed by atoms with E-state index in [1.165, 1.54) is 37.0 Å². The number of halogens is 1. The average molecular weight is 367 g/mol. The highest BCUT2D eigenvalue weighted by molar-refractivity contribution is 9.10. The van der Waals surface area contributed by atoms with E-state index in [2.05, 4.69) is 20.9 Å². The van der Waals surface area contributed by atoms with Gasteiger partial charge in [-0.25, -0.2) is 8.42 Å². The second-order valence-corrected chi connectivity index (χ2v) is 7.06. The summed E-state index contributed by atoms with van der Waals surface area (Å²) in [7, 11) is -0.562. The van der Waals surface area contributed by atoms with Gasteiger partial charge in [0.25, 0.3) is 0 Å². The summed E-state index contributed by atoms with van der Waals surface area (Å²) in [5.41, 5.74) is 0. The molecule has 0 bridgehead atoms. The zero-order valence-corrected chi connectivity index (χ0v) is 14.1. The first-order valence-electron chi connectivity index (χ1n) is 6.03. The van der Waals surface area contributed by atoms with Crippen molar-refractivity contribution in [1.82, 2.24) is 9.29 Å². The first-order chi connectivity index (χ1) is 9.43. The van der Waals surface area contributed by atoms with Crippen LogP contribution in [0.3, 0.4) is 0 Å². The summed E-state index contributed by atoms with van der Waals surface area (Å²) < 4.78 is 37.3. The molecule has 0 aliphatic carbocycles. The molecule has 0 saturated carbocycles. The molecule has 1 unspecified atom stereocenters. The van der Waals surface area contributed by atoms with E-state index < -0.39 is 10.0 Å². The average Bonchev–Trinajstić information content (AvgIpc) is 2.39. The minimum absolute atomic E-state index is 0.144. The highest BCUT2D eigenvalue weighted by atomic mass is 79.9. The maximum atomic E-state index is 12.7. The molecule has 0 N–H and O–H groups in total. The second-order valence-electron chi connectivity index (χ2n) is 4.25. The van der Waals surface area contributed by atoms with Gasteiger partial charge >= 0.3 is 0 Å². The summed E-state index contributed by atoms with van der Waals surface area (Å²) in [6.07, 6.45) is 2.87. The van der Waals surface area contributed by atoms with E-state index in [1.807, 2.05) is 0 Å². The molecule has 1 heterocycles. The van der Waals surface area contributed by atoms with Crippen LogP contribution in [0.2, 0.25) is 0 Å². The van der Waals surface area contributed by atoms with E-state index in [0.29, 0.717) is 17.7 Å². The van der Waals surface area contributed by atoms with Gasteiger partial charge in [0.1, 0.15) is 4.90 Å². The molecule has 0 amide bonds. The molecule has 0 aliphatic rings. The van der Waals surface area contributed by atoms with Crippen molar-refractivity contribution < 1.29 is 17.9 Å². The molecule has 1 rings (SSSR count). The molecule has 0 spiro atoms. The van der Waals surface area contributed by atoms with E-state index in [0.717, 1.165) is 0 Å². The van der Waals surface area contributed by atoms with Crippen LogP contribution in [-0.2, 0) is 19.5 Å². The van der Waals surface area contributed by atoms with Crippen LogP contribution >= 0.6 is 15.9 Å². The molecule has 0 aliphatic heterocycles. The largest absolute Gasteiger partial charge is 0.383 e. The van der Waals surface area contributed by atoms with Crippen molar-refractivity contribution in [2.75, 3.05) is 34.0 Å². The Kier molecular flexibility index (Phi) is 7.04. The van der Waals surface area contributed by atoms with Crippen LogP contribution in [0, 0.1) is 0 Å². The molecule has 1 aromatic rings. The SMILES string of the molecule is COCCN(C(C)COC)S(=O)(=O)c1cncc(Br)c1. The van der Waals surface area contributed by atoms with Crippen LogP contribution in [0.15, 0.2) is 27.8 Å². The van der Waals surface area contributed by atoms with E-state index >= 15 is 0 Å². The molecule has 1 aromatic heterocycles. The van der Waals surface area contributed by atoms with Gasteiger partial charge < -0.3 is 9.47 Å². The third-order valence-corrected chi connectivity index (χ3v) is 5.11. The molecule has 0 aromatic carbocycles. The third-order valence-electron chi connectivity index (χ3n) is 2.70. The summed E-state index contributed by atoms with van der Waals surface area (Å²) in [5, 5.41) is 0. The highest BCUT2D eigenvalue weighted by Crippen LogP contribution is 2.20. The van der Waals surface area contributed by atoms with Crippen molar-refractivity contribution >= 4 is 26.0 Å². The fourth-order valence-corrected chi connectivity index (χ4v) is 3.86. The van der Waals surface area contributed by atoms with Crippen molar-refractivity contribution in [2.45, 2.75) is 17.9 Å². The fraction of sp³-hybridized carbons (Fsp3) is 0.583. The highest BCUT2D eigenvalue weighted by Gasteiger charge is 2.29. The Labute approximate surface area is 128 Å². The van der Waals surface area contributed by atoms with E-state index in [4.69, 9.17) is 9.47 Å². The lowest BCUT2D eigenvalue weighted by Crippen LogP contribution is -2.42. The number of hydrogen-bond donors (Lipinski definition) is 0. The number of sulfonamides is 1. The van der Waals surface area contributed by atoms with Crippen LogP contribution in [0.25, 0.3) is 0 Å². The van der Waals surface area contributed by atoms with Gasteiger partial charge in [-0.15, -0.1) is 0 Å². The number of rotatable bonds is 8. The summed E-state index contributed by atoms with van der Waals surface area (Å²) in [6.45, 7) is 2.68. The lowest BCUT2D eigenvalue weighted by Gasteiger charge is -2.27. The van der Waals surface area contributed by atoms with Gasteiger partial charge in [0, 0.05) is 43.7 Å². The lowest BCUT2D eigenvalue weighted by atomic mass is 10.3. The standard InChI is InChI=1S/C12H19BrN2O4S/c1-10(9-19-3)15(4-5-18-2)20(16,17)12-6-11(13)7-14-8-12/h6-8,10H,4-5,9H2,1-3H3. The van der Waals surface area contributed by atoms with E-state index in [-0.39, 0.29) is 17.5 Å². The first-order valence-corrected chi connectivity index (χ1v) is 8.27. The van der Waals surface area contributed by atoms with Gasteiger partial charge in [-0.1, -0.05) is 0 Å². The normalized spacial score (nSPS) is 13.7. The van der Waals surface area contributed by atoms with Gasteiger partial charge in [-0.3, -0.25) is 4.98 Å². The van der Waals surface area contributed by atoms with Crippen molar-refractivity contribution in [2.24, 2.45) is 0 Å². The predicted octanol–water partition coefficient (Wildman–Crippen LogP) is 1.52. The summed E-state index contributed by atoms with van der Waals surface area (Å²) >= 11 is 3.23. The topological polar surface area (TPSA) is 68.7 Å². The van der Waals surface area contributed by atoms with Gasteiger partial charge in [0.05, 0.1) is 13.2 Å². The molecule has 114 valence electrons. The molecule has 6 nitrogen and oxygen atoms in total. The van der Waals surface area contributed by atoms with Gasteiger partial charge in [0.2, 0.25) is 10.0 Å². The molecule has 0 radical (unpaired) electrons. The molecular formula is C12H19BrN2O4S. The Balaban J connectivity index is 3.09. The Bertz CT molecular complexity index is 524. The monoisotopic (exact) mass is 366 g/mol. The minimum Gasteiger partial charge on any atom is -0.383 e. The van der Waals surface area contributed by atoms with Crippen LogP contribution < -0.4 is 0 Å². The molecular weight excluding hydrogens is 348 g/mol. The molecule has 0 saturated heterocycles. The van der Waals surface area contributed by atoms with Crippen molar-refractivity contribution in [3.8, 4) is 0 Å². The van der Waals surface area contributed by atoms with E-state index in [1.54, 1.807) is 6.92 Å². The quantitative estimate of drug-likeness (QED) is 0.697. The third kappa shape index (κ3) is 4.49. The van der Waals surface area contributed by atoms with Crippen LogP contribution in [0.5, 0.6) is 0 Å². The number of aromatic nitrogens is 1. The smallest absolute Gasteiger partial charge is 0.245 e. The second kappa shape index (κ2) is 8.04. The van der Waals surface area contributed by atoms with Gasteiger partial charge in [-0.05, 0) is 28.9 Å². The zero-order valence-electron chi connectivity index (χ0n) is 11.7. The van der Waals surface area contributed by atoms with Gasteiger partial charge in [-0.2, -0.15) is 4.31 Å². The molecule has 20 heavy (non-hydrogen) atoms. The Hall–Kier alpha value is -0.540. The first kappa shape index (κ1) is 17.5. The predicted molar refractivity (Wildman–Crippen MR) is 79.0 cm³/mol. The summed E-state index contributed by atoms with van der Waals surface area (Å²) in [6, 6.07) is 1.24. The number of pyridine rings is 1. The van der Waals surface area contributed by atoms with Gasteiger partial charge in [0.15, 0.2) is 0 Å². The number of ether oxygens (including phenoxy) is 2. The summed E-state index contributed by atoms with van der Waals surface area (Å²) in [4.78, 5) is 4.05. The fourth-order valence-electron chi connectivity index (χ4n) is 1.75. The molecule has 1 atom stereocenters. The lowest BCUT2D eigenvalue weighted by molar-refractivity contribution is 0.119. The van der Waals surface area contributed by atoms with Crippen molar-refractivity contribution in [3.05, 3.63) is 22.9 Å². The van der Waals surface area contributed by atoms with Crippen LogP contribution in [0.1, 0.15) is 6.92 Å². The van der Waals surface area contributed by atoms with Crippen molar-refractivity contribution in [1.29, 1.82) is 0 Å². The molecule has 8 heteroatoms. The number of nitrogens with zero attached hydrogens (tertiary/aromatic N) is 2.